The molecule has 0 aromatic heterocycles. The van der Waals surface area contributed by atoms with E-state index in [9.17, 15) is 4.79 Å². The lowest BCUT2D eigenvalue weighted by Gasteiger charge is -2.21. The molecule has 0 unspecified atom stereocenters. The Labute approximate surface area is 109 Å². The molecule has 0 aliphatic heterocycles. The first-order valence-electron chi connectivity index (χ1n) is 6.97. The summed E-state index contributed by atoms with van der Waals surface area (Å²) in [4.78, 5) is 11.3. The minimum Gasteiger partial charge on any atom is -0.465 e. The van der Waals surface area contributed by atoms with Crippen LogP contribution < -0.4 is 0 Å². The molecule has 1 saturated carbocycles. The Bertz CT molecular complexity index is 375. The van der Waals surface area contributed by atoms with Gasteiger partial charge in [0.2, 0.25) is 0 Å². The Kier molecular flexibility index (Phi) is 4.80. The highest BCUT2D eigenvalue weighted by Crippen LogP contribution is 2.27. The van der Waals surface area contributed by atoms with Crippen LogP contribution in [0.5, 0.6) is 0 Å². The molecule has 1 aromatic carbocycles. The van der Waals surface area contributed by atoms with Gasteiger partial charge in [-0.15, -0.1) is 0 Å². The maximum atomic E-state index is 11.3. The molecule has 0 N–H and O–H groups in total. The number of esters is 1. The Balaban J connectivity index is 1.84. The standard InChI is InChI=1S/C16H22O2/c1-18-16(17)15-11-9-14(10-12-15)8-7-13-5-3-2-4-6-13/h9-13H,2-8H2,1H3. The number of methoxy groups -OCH3 is 1. The normalized spacial score (nSPS) is 16.5. The number of carbonyl (C=O) groups excluding carboxylic acids is 1. The summed E-state index contributed by atoms with van der Waals surface area (Å²) in [5.74, 6) is 0.660. The minimum absolute atomic E-state index is 0.256. The quantitative estimate of drug-likeness (QED) is 0.751. The molecule has 0 heterocycles. The second kappa shape index (κ2) is 6.58. The fourth-order valence-electron chi connectivity index (χ4n) is 2.77. The van der Waals surface area contributed by atoms with E-state index < -0.39 is 0 Å². The highest BCUT2D eigenvalue weighted by molar-refractivity contribution is 5.89. The third kappa shape index (κ3) is 3.59. The maximum absolute atomic E-state index is 11.3. The van der Waals surface area contributed by atoms with E-state index >= 15 is 0 Å². The second-order valence-corrected chi connectivity index (χ2v) is 5.23. The summed E-state index contributed by atoms with van der Waals surface area (Å²) in [6.45, 7) is 0. The van der Waals surface area contributed by atoms with Crippen LogP contribution in [0.4, 0.5) is 0 Å². The lowest BCUT2D eigenvalue weighted by Crippen LogP contribution is -2.07. The fourth-order valence-corrected chi connectivity index (χ4v) is 2.77. The topological polar surface area (TPSA) is 26.3 Å². The van der Waals surface area contributed by atoms with Crippen molar-refractivity contribution in [1.29, 1.82) is 0 Å². The minimum atomic E-state index is -0.256. The van der Waals surface area contributed by atoms with Crippen molar-refractivity contribution < 1.29 is 9.53 Å². The van der Waals surface area contributed by atoms with Crippen molar-refractivity contribution in [2.75, 3.05) is 7.11 Å². The van der Waals surface area contributed by atoms with E-state index in [0.717, 1.165) is 12.3 Å². The van der Waals surface area contributed by atoms with Gasteiger partial charge >= 0.3 is 5.97 Å². The number of hydrogen-bond acceptors (Lipinski definition) is 2. The van der Waals surface area contributed by atoms with Crippen LogP contribution in [-0.4, -0.2) is 13.1 Å². The van der Waals surface area contributed by atoms with Gasteiger partial charge in [-0.1, -0.05) is 44.2 Å². The van der Waals surface area contributed by atoms with Crippen LogP contribution >= 0.6 is 0 Å². The molecule has 98 valence electrons. The van der Waals surface area contributed by atoms with Crippen LogP contribution in [0, 0.1) is 5.92 Å². The summed E-state index contributed by atoms with van der Waals surface area (Å²) in [5.41, 5.74) is 1.96. The van der Waals surface area contributed by atoms with Crippen molar-refractivity contribution in [3.8, 4) is 0 Å². The third-order valence-electron chi connectivity index (χ3n) is 3.94. The smallest absolute Gasteiger partial charge is 0.337 e. The second-order valence-electron chi connectivity index (χ2n) is 5.23. The third-order valence-corrected chi connectivity index (χ3v) is 3.94. The molecular formula is C16H22O2. The fraction of sp³-hybridized carbons (Fsp3) is 0.562. The van der Waals surface area contributed by atoms with Gasteiger partial charge < -0.3 is 4.74 Å². The predicted molar refractivity (Wildman–Crippen MR) is 72.7 cm³/mol. The molecule has 0 atom stereocenters. The van der Waals surface area contributed by atoms with Crippen LogP contribution in [0.2, 0.25) is 0 Å². The van der Waals surface area contributed by atoms with E-state index in [4.69, 9.17) is 4.74 Å². The number of benzene rings is 1. The van der Waals surface area contributed by atoms with Gasteiger partial charge in [-0.05, 0) is 36.5 Å². The van der Waals surface area contributed by atoms with Gasteiger partial charge in [-0.2, -0.15) is 0 Å². The molecule has 0 amide bonds. The number of hydrogen-bond donors (Lipinski definition) is 0. The number of rotatable bonds is 4. The summed E-state index contributed by atoms with van der Waals surface area (Å²) in [5, 5.41) is 0. The van der Waals surface area contributed by atoms with Gasteiger partial charge in [0, 0.05) is 0 Å². The van der Waals surface area contributed by atoms with Gasteiger partial charge in [0.05, 0.1) is 12.7 Å². The average molecular weight is 246 g/mol. The van der Waals surface area contributed by atoms with E-state index in [1.807, 2.05) is 12.1 Å². The van der Waals surface area contributed by atoms with Crippen LogP contribution in [0.15, 0.2) is 24.3 Å². The molecule has 0 spiro atoms. The molecule has 18 heavy (non-hydrogen) atoms. The molecule has 1 fully saturated rings. The zero-order valence-corrected chi connectivity index (χ0v) is 11.2. The molecule has 0 bridgehead atoms. The highest BCUT2D eigenvalue weighted by atomic mass is 16.5. The Hall–Kier alpha value is -1.31. The molecule has 2 nitrogen and oxygen atoms in total. The van der Waals surface area contributed by atoms with E-state index in [1.165, 1.54) is 51.2 Å². The Morgan fingerprint density at radius 1 is 1.17 bits per heavy atom. The van der Waals surface area contributed by atoms with Crippen LogP contribution in [0.3, 0.4) is 0 Å². The average Bonchev–Trinajstić information content (AvgIpc) is 2.46. The summed E-state index contributed by atoms with van der Waals surface area (Å²) in [6, 6.07) is 7.83. The SMILES string of the molecule is COC(=O)c1ccc(CCC2CCCCC2)cc1. The monoisotopic (exact) mass is 246 g/mol. The van der Waals surface area contributed by atoms with Crippen LogP contribution in [-0.2, 0) is 11.2 Å². The molecule has 1 aliphatic carbocycles. The molecular weight excluding hydrogens is 224 g/mol. The predicted octanol–water partition coefficient (Wildman–Crippen LogP) is 3.99. The molecule has 2 heteroatoms. The van der Waals surface area contributed by atoms with E-state index in [1.54, 1.807) is 0 Å². The first kappa shape index (κ1) is 13.1. The Morgan fingerprint density at radius 2 is 1.83 bits per heavy atom. The highest BCUT2D eigenvalue weighted by Gasteiger charge is 2.13. The summed E-state index contributed by atoms with van der Waals surface area (Å²) in [7, 11) is 1.42. The van der Waals surface area contributed by atoms with Crippen molar-refractivity contribution in [2.45, 2.75) is 44.9 Å². The van der Waals surface area contributed by atoms with E-state index in [2.05, 4.69) is 12.1 Å². The molecule has 2 rings (SSSR count). The number of aryl methyl sites for hydroxylation is 1. The Morgan fingerprint density at radius 3 is 2.44 bits per heavy atom. The first-order valence-corrected chi connectivity index (χ1v) is 6.97. The van der Waals surface area contributed by atoms with Crippen molar-refractivity contribution in [3.63, 3.8) is 0 Å². The van der Waals surface area contributed by atoms with Gasteiger partial charge in [0.15, 0.2) is 0 Å². The molecule has 0 radical (unpaired) electrons. The molecule has 1 aliphatic rings. The zero-order chi connectivity index (χ0) is 12.8. The van der Waals surface area contributed by atoms with E-state index in [0.29, 0.717) is 5.56 Å². The number of ether oxygens (including phenoxy) is 1. The van der Waals surface area contributed by atoms with Crippen LogP contribution in [0.1, 0.15) is 54.4 Å². The van der Waals surface area contributed by atoms with Gasteiger partial charge in [0.25, 0.3) is 0 Å². The summed E-state index contributed by atoms with van der Waals surface area (Å²) in [6.07, 6.45) is 9.46. The first-order chi connectivity index (χ1) is 8.79. The van der Waals surface area contributed by atoms with Crippen molar-refractivity contribution in [1.82, 2.24) is 0 Å². The largest absolute Gasteiger partial charge is 0.465 e. The lowest BCUT2D eigenvalue weighted by molar-refractivity contribution is 0.0600. The molecule has 0 saturated heterocycles. The van der Waals surface area contributed by atoms with Crippen molar-refractivity contribution in [3.05, 3.63) is 35.4 Å². The zero-order valence-electron chi connectivity index (χ0n) is 11.2. The lowest BCUT2D eigenvalue weighted by atomic mass is 9.85. The van der Waals surface area contributed by atoms with Crippen molar-refractivity contribution in [2.24, 2.45) is 5.92 Å². The number of carbonyl (C=O) groups is 1. The maximum Gasteiger partial charge on any atom is 0.337 e. The van der Waals surface area contributed by atoms with E-state index in [-0.39, 0.29) is 5.97 Å². The summed E-state index contributed by atoms with van der Waals surface area (Å²) < 4.78 is 4.69. The van der Waals surface area contributed by atoms with Gasteiger partial charge in [-0.25, -0.2) is 4.79 Å². The van der Waals surface area contributed by atoms with Crippen LogP contribution in [0.25, 0.3) is 0 Å². The summed E-state index contributed by atoms with van der Waals surface area (Å²) >= 11 is 0. The van der Waals surface area contributed by atoms with Gasteiger partial charge in [0.1, 0.15) is 0 Å². The molecule has 1 aromatic rings. The van der Waals surface area contributed by atoms with Gasteiger partial charge in [-0.3, -0.25) is 0 Å². The van der Waals surface area contributed by atoms with Crippen molar-refractivity contribution >= 4 is 5.97 Å².